The molecule has 0 aromatic heterocycles. The highest BCUT2D eigenvalue weighted by Crippen LogP contribution is 2.24. The van der Waals surface area contributed by atoms with E-state index in [2.05, 4.69) is 46.3 Å². The van der Waals surface area contributed by atoms with Crippen LogP contribution < -0.4 is 15.1 Å². The van der Waals surface area contributed by atoms with E-state index in [0.29, 0.717) is 12.1 Å². The van der Waals surface area contributed by atoms with Crippen LogP contribution in [-0.4, -0.2) is 38.3 Å². The number of nitrogens with one attached hydrogen (secondary N) is 1. The summed E-state index contributed by atoms with van der Waals surface area (Å²) in [5, 5.41) is 3.87. The Bertz CT molecular complexity index is 722. The van der Waals surface area contributed by atoms with Gasteiger partial charge in [0.1, 0.15) is 5.82 Å². The quantitative estimate of drug-likeness (QED) is 0.897. The number of piperidine rings is 1. The third-order valence-electron chi connectivity index (χ3n) is 5.71. The lowest BCUT2D eigenvalue weighted by atomic mass is 10.0. The highest BCUT2D eigenvalue weighted by molar-refractivity contribution is 5.49. The Labute approximate surface area is 155 Å². The molecule has 26 heavy (non-hydrogen) atoms. The van der Waals surface area contributed by atoms with Crippen molar-refractivity contribution in [2.75, 3.05) is 36.0 Å². The van der Waals surface area contributed by atoms with Crippen molar-refractivity contribution in [3.05, 3.63) is 59.9 Å². The molecule has 2 fully saturated rings. The predicted molar refractivity (Wildman–Crippen MR) is 107 cm³/mol. The van der Waals surface area contributed by atoms with Crippen molar-refractivity contribution in [1.82, 2.24) is 5.32 Å². The SMILES string of the molecule is Cc1cccc(N2CCC(NC3CCN(c4ccc(F)cc4)C3)CC2)c1. The maximum atomic E-state index is 13.1. The minimum Gasteiger partial charge on any atom is -0.371 e. The lowest BCUT2D eigenvalue weighted by molar-refractivity contribution is 0.377. The molecule has 0 aliphatic carbocycles. The summed E-state index contributed by atoms with van der Waals surface area (Å²) in [6.07, 6.45) is 3.55. The van der Waals surface area contributed by atoms with E-state index in [9.17, 15) is 4.39 Å². The Morgan fingerprint density at radius 3 is 2.27 bits per heavy atom. The van der Waals surface area contributed by atoms with Gasteiger partial charge in [-0.1, -0.05) is 12.1 Å². The van der Waals surface area contributed by atoms with Gasteiger partial charge in [-0.2, -0.15) is 0 Å². The van der Waals surface area contributed by atoms with Crippen molar-refractivity contribution in [2.24, 2.45) is 0 Å². The molecule has 2 heterocycles. The molecule has 4 heteroatoms. The van der Waals surface area contributed by atoms with Gasteiger partial charge in [-0.25, -0.2) is 4.39 Å². The monoisotopic (exact) mass is 353 g/mol. The van der Waals surface area contributed by atoms with E-state index in [0.717, 1.165) is 38.3 Å². The molecule has 2 aliphatic heterocycles. The van der Waals surface area contributed by atoms with Gasteiger partial charge in [0.25, 0.3) is 0 Å². The number of rotatable bonds is 4. The summed E-state index contributed by atoms with van der Waals surface area (Å²) in [5.74, 6) is -0.164. The summed E-state index contributed by atoms with van der Waals surface area (Å²) in [4.78, 5) is 4.86. The fraction of sp³-hybridized carbons (Fsp3) is 0.455. The molecule has 0 saturated carbocycles. The molecule has 1 unspecified atom stereocenters. The minimum absolute atomic E-state index is 0.164. The molecule has 2 aromatic carbocycles. The van der Waals surface area contributed by atoms with Gasteiger partial charge < -0.3 is 15.1 Å². The Kier molecular flexibility index (Phi) is 5.11. The molecule has 3 nitrogen and oxygen atoms in total. The van der Waals surface area contributed by atoms with Gasteiger partial charge >= 0.3 is 0 Å². The van der Waals surface area contributed by atoms with Crippen LogP contribution in [0.4, 0.5) is 15.8 Å². The second-order valence-corrected chi connectivity index (χ2v) is 7.68. The molecule has 0 spiro atoms. The molecule has 2 aromatic rings. The van der Waals surface area contributed by atoms with Crippen LogP contribution in [0.25, 0.3) is 0 Å². The first-order valence-corrected chi connectivity index (χ1v) is 9.75. The first-order chi connectivity index (χ1) is 12.7. The number of nitrogens with zero attached hydrogens (tertiary/aromatic N) is 2. The summed E-state index contributed by atoms with van der Waals surface area (Å²) in [6, 6.07) is 16.8. The number of hydrogen-bond acceptors (Lipinski definition) is 3. The van der Waals surface area contributed by atoms with Crippen LogP contribution in [0, 0.1) is 12.7 Å². The third-order valence-corrected chi connectivity index (χ3v) is 5.71. The highest BCUT2D eigenvalue weighted by Gasteiger charge is 2.27. The van der Waals surface area contributed by atoms with E-state index in [1.165, 1.54) is 24.1 Å². The summed E-state index contributed by atoms with van der Waals surface area (Å²) >= 11 is 0. The van der Waals surface area contributed by atoms with Crippen LogP contribution in [0.5, 0.6) is 0 Å². The number of hydrogen-bond donors (Lipinski definition) is 1. The van der Waals surface area contributed by atoms with Gasteiger partial charge in [0.15, 0.2) is 0 Å². The lowest BCUT2D eigenvalue weighted by Crippen LogP contribution is -2.47. The van der Waals surface area contributed by atoms with Gasteiger partial charge in [0.05, 0.1) is 0 Å². The number of anilines is 2. The summed E-state index contributed by atoms with van der Waals surface area (Å²) in [6.45, 7) is 6.46. The van der Waals surface area contributed by atoms with Crippen LogP contribution >= 0.6 is 0 Å². The molecular weight excluding hydrogens is 325 g/mol. The molecule has 4 rings (SSSR count). The molecule has 0 bridgehead atoms. The highest BCUT2D eigenvalue weighted by atomic mass is 19.1. The van der Waals surface area contributed by atoms with Gasteiger partial charge in [-0.3, -0.25) is 0 Å². The van der Waals surface area contributed by atoms with E-state index in [-0.39, 0.29) is 5.82 Å². The molecule has 2 aliphatic rings. The number of aryl methyl sites for hydroxylation is 1. The van der Waals surface area contributed by atoms with Crippen LogP contribution in [0.2, 0.25) is 0 Å². The number of benzene rings is 2. The first-order valence-electron chi connectivity index (χ1n) is 9.75. The molecule has 0 radical (unpaired) electrons. The Morgan fingerprint density at radius 2 is 1.54 bits per heavy atom. The van der Waals surface area contributed by atoms with Crippen molar-refractivity contribution in [2.45, 2.75) is 38.3 Å². The van der Waals surface area contributed by atoms with Crippen LogP contribution in [0.1, 0.15) is 24.8 Å². The van der Waals surface area contributed by atoms with Crippen molar-refractivity contribution >= 4 is 11.4 Å². The molecular formula is C22H28FN3. The van der Waals surface area contributed by atoms with E-state index < -0.39 is 0 Å². The molecule has 1 atom stereocenters. The second-order valence-electron chi connectivity index (χ2n) is 7.68. The molecule has 2 saturated heterocycles. The maximum Gasteiger partial charge on any atom is 0.123 e. The van der Waals surface area contributed by atoms with Gasteiger partial charge in [-0.15, -0.1) is 0 Å². The Morgan fingerprint density at radius 1 is 0.846 bits per heavy atom. The third kappa shape index (κ3) is 4.01. The Hall–Kier alpha value is -2.07. The maximum absolute atomic E-state index is 13.1. The zero-order chi connectivity index (χ0) is 17.9. The largest absolute Gasteiger partial charge is 0.371 e. The molecule has 1 N–H and O–H groups in total. The summed E-state index contributed by atoms with van der Waals surface area (Å²) in [5.41, 5.74) is 3.81. The van der Waals surface area contributed by atoms with Crippen molar-refractivity contribution in [1.29, 1.82) is 0 Å². The van der Waals surface area contributed by atoms with Gasteiger partial charge in [0.2, 0.25) is 0 Å². The lowest BCUT2D eigenvalue weighted by Gasteiger charge is -2.35. The van der Waals surface area contributed by atoms with E-state index in [1.54, 1.807) is 12.1 Å². The van der Waals surface area contributed by atoms with Crippen LogP contribution in [0.15, 0.2) is 48.5 Å². The smallest absolute Gasteiger partial charge is 0.123 e. The average molecular weight is 353 g/mol. The van der Waals surface area contributed by atoms with Crippen LogP contribution in [-0.2, 0) is 0 Å². The van der Waals surface area contributed by atoms with Gasteiger partial charge in [-0.05, 0) is 68.1 Å². The Balaban J connectivity index is 1.26. The van der Waals surface area contributed by atoms with E-state index in [4.69, 9.17) is 0 Å². The van der Waals surface area contributed by atoms with Crippen LogP contribution in [0.3, 0.4) is 0 Å². The second kappa shape index (κ2) is 7.67. The minimum atomic E-state index is -0.164. The predicted octanol–water partition coefficient (Wildman–Crippen LogP) is 3.97. The zero-order valence-electron chi connectivity index (χ0n) is 15.5. The normalized spacial score (nSPS) is 21.4. The summed E-state index contributed by atoms with van der Waals surface area (Å²) in [7, 11) is 0. The topological polar surface area (TPSA) is 18.5 Å². The van der Waals surface area contributed by atoms with Crippen molar-refractivity contribution < 1.29 is 4.39 Å². The molecule has 138 valence electrons. The standard InChI is InChI=1S/C22H28FN3/c1-17-3-2-4-22(15-17)25-12-9-19(10-13-25)24-20-11-14-26(16-20)21-7-5-18(23)6-8-21/h2-8,15,19-20,24H,9-14,16H2,1H3. The molecule has 0 amide bonds. The fourth-order valence-electron chi connectivity index (χ4n) is 4.25. The first kappa shape index (κ1) is 17.3. The fourth-order valence-corrected chi connectivity index (χ4v) is 4.25. The average Bonchev–Trinajstić information content (AvgIpc) is 3.11. The van der Waals surface area contributed by atoms with Crippen molar-refractivity contribution in [3.8, 4) is 0 Å². The van der Waals surface area contributed by atoms with E-state index >= 15 is 0 Å². The zero-order valence-corrected chi connectivity index (χ0v) is 15.5. The van der Waals surface area contributed by atoms with Crippen molar-refractivity contribution in [3.63, 3.8) is 0 Å². The summed E-state index contributed by atoms with van der Waals surface area (Å²) < 4.78 is 13.1. The van der Waals surface area contributed by atoms with E-state index in [1.807, 2.05) is 12.1 Å². The van der Waals surface area contributed by atoms with Gasteiger partial charge in [0, 0.05) is 49.6 Å². The number of halogens is 1.